The Labute approximate surface area is 203 Å². The maximum absolute atomic E-state index is 12.5. The van der Waals surface area contributed by atoms with Gasteiger partial charge in [0.2, 0.25) is 11.8 Å². The first-order chi connectivity index (χ1) is 16.2. The molecule has 3 amide bonds. The van der Waals surface area contributed by atoms with Crippen LogP contribution in [0.1, 0.15) is 60.5 Å². The predicted molar refractivity (Wildman–Crippen MR) is 127 cm³/mol. The monoisotopic (exact) mass is 482 g/mol. The van der Waals surface area contributed by atoms with Gasteiger partial charge in [0.25, 0.3) is 5.91 Å². The summed E-state index contributed by atoms with van der Waals surface area (Å²) in [5, 5.41) is 2.83. The van der Waals surface area contributed by atoms with Gasteiger partial charge in [0.05, 0.1) is 17.4 Å². The van der Waals surface area contributed by atoms with Crippen LogP contribution in [0.3, 0.4) is 0 Å². The molecule has 1 saturated carbocycles. The Kier molecular flexibility index (Phi) is 6.65. The van der Waals surface area contributed by atoms with E-state index >= 15 is 0 Å². The van der Waals surface area contributed by atoms with Gasteiger partial charge in [-0.2, -0.15) is 0 Å². The summed E-state index contributed by atoms with van der Waals surface area (Å²) < 4.78 is 0. The van der Waals surface area contributed by atoms with Gasteiger partial charge in [-0.05, 0) is 49.6 Å². The summed E-state index contributed by atoms with van der Waals surface area (Å²) in [5.74, 6) is 0.236. The van der Waals surface area contributed by atoms with Crippen molar-refractivity contribution < 1.29 is 14.4 Å². The van der Waals surface area contributed by atoms with Crippen LogP contribution in [-0.2, 0) is 9.59 Å². The van der Waals surface area contributed by atoms with Gasteiger partial charge >= 0.3 is 0 Å². The quantitative estimate of drug-likeness (QED) is 0.518. The standard InChI is InChI=1S/C24H27ClN6O3/c1-5-22(33)30-11-13(2)31(14(3)32)20(12-30)16-8-17(27-21(25)9-16)18-10-19(24(34)26-4)29-23(28-18)15-6-7-15/h5,8-10,13,15,20H,1,6-7,11-12H2,2-4H3,(H,26,34)/t13-,20+/m1/s1. The minimum absolute atomic E-state index is 0.0994. The molecular formula is C24H27ClN6O3. The number of aromatic nitrogens is 3. The highest BCUT2D eigenvalue weighted by molar-refractivity contribution is 6.29. The Morgan fingerprint density at radius 2 is 1.82 bits per heavy atom. The van der Waals surface area contributed by atoms with E-state index in [4.69, 9.17) is 11.6 Å². The van der Waals surface area contributed by atoms with Crippen LogP contribution in [0.5, 0.6) is 0 Å². The summed E-state index contributed by atoms with van der Waals surface area (Å²) in [6, 6.07) is 4.48. The second kappa shape index (κ2) is 9.50. The van der Waals surface area contributed by atoms with Gasteiger partial charge in [0.1, 0.15) is 16.7 Å². The molecule has 2 aromatic heterocycles. The molecule has 10 heteroatoms. The van der Waals surface area contributed by atoms with Crippen LogP contribution in [0.25, 0.3) is 11.4 Å². The fraction of sp³-hybridized carbons (Fsp3) is 0.417. The van der Waals surface area contributed by atoms with Crippen molar-refractivity contribution in [2.75, 3.05) is 20.1 Å². The molecule has 178 valence electrons. The van der Waals surface area contributed by atoms with Crippen LogP contribution in [0, 0.1) is 0 Å². The van der Waals surface area contributed by atoms with Crippen LogP contribution in [0.4, 0.5) is 0 Å². The van der Waals surface area contributed by atoms with Crippen molar-refractivity contribution in [3.8, 4) is 11.4 Å². The van der Waals surface area contributed by atoms with Crippen molar-refractivity contribution >= 4 is 29.3 Å². The van der Waals surface area contributed by atoms with Crippen molar-refractivity contribution in [2.45, 2.75) is 44.7 Å². The second-order valence-corrected chi connectivity index (χ2v) is 9.08. The van der Waals surface area contributed by atoms with Crippen LogP contribution in [0.2, 0.25) is 5.15 Å². The van der Waals surface area contributed by atoms with Gasteiger partial charge in [-0.3, -0.25) is 14.4 Å². The van der Waals surface area contributed by atoms with E-state index in [1.807, 2.05) is 13.0 Å². The molecule has 9 nitrogen and oxygen atoms in total. The number of piperazine rings is 1. The summed E-state index contributed by atoms with van der Waals surface area (Å²) in [6.45, 7) is 7.72. The molecule has 0 unspecified atom stereocenters. The Morgan fingerprint density at radius 1 is 1.12 bits per heavy atom. The molecule has 4 rings (SSSR count). The van der Waals surface area contributed by atoms with Crippen molar-refractivity contribution in [3.63, 3.8) is 0 Å². The minimum atomic E-state index is -0.424. The zero-order chi connectivity index (χ0) is 24.6. The van der Waals surface area contributed by atoms with Gasteiger partial charge in [0.15, 0.2) is 0 Å². The van der Waals surface area contributed by atoms with Crippen LogP contribution < -0.4 is 5.32 Å². The van der Waals surface area contributed by atoms with Gasteiger partial charge in [0, 0.05) is 39.0 Å². The predicted octanol–water partition coefficient (Wildman–Crippen LogP) is 2.74. The number of halogens is 1. The molecule has 2 atom stereocenters. The molecular weight excluding hydrogens is 456 g/mol. The largest absolute Gasteiger partial charge is 0.354 e. The summed E-state index contributed by atoms with van der Waals surface area (Å²) in [6.07, 6.45) is 3.23. The Balaban J connectivity index is 1.79. The highest BCUT2D eigenvalue weighted by Crippen LogP contribution is 2.39. The zero-order valence-electron chi connectivity index (χ0n) is 19.4. The average molecular weight is 483 g/mol. The fourth-order valence-electron chi connectivity index (χ4n) is 4.40. The first-order valence-electron chi connectivity index (χ1n) is 11.2. The maximum Gasteiger partial charge on any atom is 0.269 e. The van der Waals surface area contributed by atoms with Crippen molar-refractivity contribution in [2.24, 2.45) is 0 Å². The molecule has 0 aromatic carbocycles. The number of carbonyl (C=O) groups is 3. The van der Waals surface area contributed by atoms with E-state index in [-0.39, 0.29) is 40.5 Å². The van der Waals surface area contributed by atoms with Crippen LogP contribution in [-0.4, -0.2) is 68.7 Å². The third-order valence-corrected chi connectivity index (χ3v) is 6.34. The van der Waals surface area contributed by atoms with E-state index in [1.165, 1.54) is 13.0 Å². The SMILES string of the molecule is C=CC(=O)N1C[C@@H](C)N(C(C)=O)[C@H](c2cc(Cl)nc(-c3cc(C(=O)NC)nc(C4CC4)n3)c2)C1. The number of nitrogens with zero attached hydrogens (tertiary/aromatic N) is 5. The summed E-state index contributed by atoms with van der Waals surface area (Å²) in [5.41, 5.74) is 1.95. The maximum atomic E-state index is 12.5. The number of amides is 3. The second-order valence-electron chi connectivity index (χ2n) is 8.70. The van der Waals surface area contributed by atoms with Gasteiger partial charge in [-0.25, -0.2) is 15.0 Å². The number of hydrogen-bond acceptors (Lipinski definition) is 6. The summed E-state index contributed by atoms with van der Waals surface area (Å²) in [7, 11) is 1.55. The molecule has 1 N–H and O–H groups in total. The average Bonchev–Trinajstić information content (AvgIpc) is 3.67. The highest BCUT2D eigenvalue weighted by Gasteiger charge is 2.36. The Morgan fingerprint density at radius 3 is 2.44 bits per heavy atom. The third kappa shape index (κ3) is 4.79. The van der Waals surface area contributed by atoms with E-state index in [1.54, 1.807) is 29.0 Å². The topological polar surface area (TPSA) is 108 Å². The molecule has 2 aliphatic rings. The van der Waals surface area contributed by atoms with Crippen molar-refractivity contribution in [3.05, 3.63) is 53.1 Å². The van der Waals surface area contributed by atoms with Gasteiger partial charge < -0.3 is 15.1 Å². The lowest BCUT2D eigenvalue weighted by atomic mass is 9.98. The number of hydrogen-bond donors (Lipinski definition) is 1. The lowest BCUT2D eigenvalue weighted by molar-refractivity contribution is -0.143. The molecule has 1 aliphatic carbocycles. The Hall–Kier alpha value is -3.33. The first kappa shape index (κ1) is 23.8. The van der Waals surface area contributed by atoms with Gasteiger partial charge in [-0.1, -0.05) is 18.2 Å². The smallest absolute Gasteiger partial charge is 0.269 e. The zero-order valence-corrected chi connectivity index (χ0v) is 20.2. The van der Waals surface area contributed by atoms with Crippen molar-refractivity contribution in [1.82, 2.24) is 30.1 Å². The molecule has 2 aromatic rings. The molecule has 1 saturated heterocycles. The third-order valence-electron chi connectivity index (χ3n) is 6.15. The lowest BCUT2D eigenvalue weighted by Gasteiger charge is -2.45. The van der Waals surface area contributed by atoms with E-state index in [0.29, 0.717) is 30.3 Å². The Bertz CT molecular complexity index is 1170. The van der Waals surface area contributed by atoms with Gasteiger partial charge in [-0.15, -0.1) is 0 Å². The number of carbonyl (C=O) groups excluding carboxylic acids is 3. The van der Waals surface area contributed by atoms with E-state index in [9.17, 15) is 14.4 Å². The highest BCUT2D eigenvalue weighted by atomic mass is 35.5. The minimum Gasteiger partial charge on any atom is -0.354 e. The van der Waals surface area contributed by atoms with Crippen LogP contribution >= 0.6 is 11.6 Å². The molecule has 3 heterocycles. The molecule has 1 aliphatic heterocycles. The lowest BCUT2D eigenvalue weighted by Crippen LogP contribution is -2.56. The van der Waals surface area contributed by atoms with Crippen LogP contribution in [0.15, 0.2) is 30.9 Å². The fourth-order valence-corrected chi connectivity index (χ4v) is 4.61. The molecule has 0 spiro atoms. The molecule has 2 fully saturated rings. The van der Waals surface area contributed by atoms with E-state index < -0.39 is 6.04 Å². The number of pyridine rings is 1. The number of rotatable bonds is 5. The molecule has 34 heavy (non-hydrogen) atoms. The molecule has 0 radical (unpaired) electrons. The number of nitrogens with one attached hydrogen (secondary N) is 1. The molecule has 0 bridgehead atoms. The summed E-state index contributed by atoms with van der Waals surface area (Å²) >= 11 is 6.42. The van der Waals surface area contributed by atoms with Crippen molar-refractivity contribution in [1.29, 1.82) is 0 Å². The van der Waals surface area contributed by atoms with E-state index in [0.717, 1.165) is 18.4 Å². The normalized spacial score (nSPS) is 20.1. The first-order valence-corrected chi connectivity index (χ1v) is 11.6. The summed E-state index contributed by atoms with van der Waals surface area (Å²) in [4.78, 5) is 54.2. The van der Waals surface area contributed by atoms with E-state index in [2.05, 4.69) is 26.8 Å².